The number of rotatable bonds is 3. The number of aldehydes is 1. The van der Waals surface area contributed by atoms with Crippen molar-refractivity contribution in [2.24, 2.45) is 0 Å². The maximum absolute atomic E-state index is 11.0. The number of hydrogen-bond acceptors (Lipinski definition) is 5. The zero-order valence-electron chi connectivity index (χ0n) is 9.57. The third-order valence-corrected chi connectivity index (χ3v) is 3.11. The molecule has 5 nitrogen and oxygen atoms in total. The minimum absolute atomic E-state index is 0.165. The first-order valence-electron chi connectivity index (χ1n) is 5.46. The van der Waals surface area contributed by atoms with Crippen LogP contribution in [0.1, 0.15) is 30.1 Å². The van der Waals surface area contributed by atoms with Gasteiger partial charge in [0.05, 0.1) is 17.7 Å². The van der Waals surface area contributed by atoms with Crippen LogP contribution in [0.3, 0.4) is 0 Å². The van der Waals surface area contributed by atoms with Gasteiger partial charge >= 0.3 is 0 Å². The van der Waals surface area contributed by atoms with Crippen LogP contribution in [0.4, 0.5) is 5.82 Å². The zero-order valence-corrected chi connectivity index (χ0v) is 10.3. The van der Waals surface area contributed by atoms with Gasteiger partial charge in [0.15, 0.2) is 6.29 Å². The molecule has 2 rings (SSSR count). The topological polar surface area (TPSA) is 64.1 Å². The average molecular weight is 256 g/mol. The highest BCUT2D eigenvalue weighted by Crippen LogP contribution is 2.26. The van der Waals surface area contributed by atoms with Gasteiger partial charge in [-0.15, -0.1) is 0 Å². The Morgan fingerprint density at radius 3 is 3.06 bits per heavy atom. The smallest absolute Gasteiger partial charge is 0.156 e. The summed E-state index contributed by atoms with van der Waals surface area (Å²) in [5, 5.41) is 3.39. The van der Waals surface area contributed by atoms with E-state index in [1.54, 1.807) is 0 Å². The molecule has 1 unspecified atom stereocenters. The van der Waals surface area contributed by atoms with Gasteiger partial charge in [-0.1, -0.05) is 11.6 Å². The van der Waals surface area contributed by atoms with Crippen molar-refractivity contribution in [2.75, 3.05) is 18.5 Å². The van der Waals surface area contributed by atoms with Crippen LogP contribution in [0, 0.1) is 0 Å². The summed E-state index contributed by atoms with van der Waals surface area (Å²) in [5.74, 6) is 0.466. The molecule has 0 saturated carbocycles. The molecule has 1 aliphatic heterocycles. The lowest BCUT2D eigenvalue weighted by Crippen LogP contribution is -2.43. The molecule has 0 amide bonds. The van der Waals surface area contributed by atoms with Gasteiger partial charge in [0.2, 0.25) is 0 Å². The molecule has 1 aromatic heterocycles. The van der Waals surface area contributed by atoms with Gasteiger partial charge in [0.25, 0.3) is 0 Å². The average Bonchev–Trinajstić information content (AvgIpc) is 2.30. The molecule has 1 aromatic rings. The van der Waals surface area contributed by atoms with Crippen molar-refractivity contribution >= 4 is 23.7 Å². The van der Waals surface area contributed by atoms with E-state index in [1.807, 2.05) is 6.92 Å². The van der Waals surface area contributed by atoms with E-state index < -0.39 is 0 Å². The zero-order chi connectivity index (χ0) is 12.3. The summed E-state index contributed by atoms with van der Waals surface area (Å²) >= 11 is 5.84. The molecule has 17 heavy (non-hydrogen) atoms. The quantitative estimate of drug-likeness (QED) is 0.660. The summed E-state index contributed by atoms with van der Waals surface area (Å²) in [4.78, 5) is 18.8. The van der Waals surface area contributed by atoms with Crippen LogP contribution in [0.5, 0.6) is 0 Å². The number of nitrogens with one attached hydrogen (secondary N) is 1. The van der Waals surface area contributed by atoms with Gasteiger partial charge in [-0.05, 0) is 19.8 Å². The molecule has 0 bridgehead atoms. The third-order valence-electron chi connectivity index (χ3n) is 2.81. The van der Waals surface area contributed by atoms with Crippen molar-refractivity contribution in [3.8, 4) is 0 Å². The fourth-order valence-electron chi connectivity index (χ4n) is 1.90. The summed E-state index contributed by atoms with van der Waals surface area (Å²) in [6.07, 6.45) is 3.95. The van der Waals surface area contributed by atoms with Crippen molar-refractivity contribution in [3.63, 3.8) is 0 Å². The van der Waals surface area contributed by atoms with Crippen LogP contribution in [0.2, 0.25) is 5.15 Å². The molecule has 0 aliphatic carbocycles. The van der Waals surface area contributed by atoms with Crippen LogP contribution in [0.25, 0.3) is 0 Å². The molecule has 0 spiro atoms. The monoisotopic (exact) mass is 255 g/mol. The van der Waals surface area contributed by atoms with E-state index in [0.717, 1.165) is 19.4 Å². The van der Waals surface area contributed by atoms with E-state index in [9.17, 15) is 4.79 Å². The number of carbonyl (C=O) groups excluding carboxylic acids is 1. The Kier molecular flexibility index (Phi) is 3.59. The summed E-state index contributed by atoms with van der Waals surface area (Å²) in [6.45, 7) is 3.41. The van der Waals surface area contributed by atoms with Gasteiger partial charge in [0.1, 0.15) is 17.3 Å². The second-order valence-electron chi connectivity index (χ2n) is 4.39. The summed E-state index contributed by atoms with van der Waals surface area (Å²) in [6, 6.07) is 0. The molecule has 0 radical (unpaired) electrons. The fraction of sp³-hybridized carbons (Fsp3) is 0.545. The van der Waals surface area contributed by atoms with Crippen LogP contribution < -0.4 is 5.32 Å². The number of ether oxygens (including phenoxy) is 1. The number of aromatic nitrogens is 2. The van der Waals surface area contributed by atoms with Gasteiger partial charge in [0, 0.05) is 6.61 Å². The Balaban J connectivity index is 2.23. The second kappa shape index (κ2) is 4.98. The summed E-state index contributed by atoms with van der Waals surface area (Å²) in [7, 11) is 0. The van der Waals surface area contributed by atoms with E-state index in [1.165, 1.54) is 6.33 Å². The van der Waals surface area contributed by atoms with Crippen molar-refractivity contribution < 1.29 is 9.53 Å². The molecule has 1 N–H and O–H groups in total. The lowest BCUT2D eigenvalue weighted by molar-refractivity contribution is 0.0538. The first kappa shape index (κ1) is 12.3. The van der Waals surface area contributed by atoms with E-state index in [2.05, 4.69) is 15.3 Å². The minimum Gasteiger partial charge on any atom is -0.379 e. The Hall–Kier alpha value is -1.20. The van der Waals surface area contributed by atoms with Crippen molar-refractivity contribution in [2.45, 2.75) is 25.3 Å². The van der Waals surface area contributed by atoms with Crippen LogP contribution in [-0.2, 0) is 4.74 Å². The first-order valence-corrected chi connectivity index (χ1v) is 5.84. The highest BCUT2D eigenvalue weighted by atomic mass is 35.5. The first-order chi connectivity index (χ1) is 8.14. The largest absolute Gasteiger partial charge is 0.379 e. The second-order valence-corrected chi connectivity index (χ2v) is 4.74. The maximum atomic E-state index is 11.0. The van der Waals surface area contributed by atoms with Gasteiger partial charge in [-0.2, -0.15) is 0 Å². The standard InChI is InChI=1S/C11H14ClN3O2/c1-11(3-2-4-17-6-11)15-10-8(5-16)9(12)13-7-14-10/h5,7H,2-4,6H2,1H3,(H,13,14,15). The molecule has 0 aromatic carbocycles. The molecule has 1 aliphatic rings. The number of anilines is 1. The molecular formula is C11H14ClN3O2. The number of carbonyl (C=O) groups is 1. The van der Waals surface area contributed by atoms with Gasteiger partial charge in [-0.25, -0.2) is 9.97 Å². The predicted molar refractivity (Wildman–Crippen MR) is 64.5 cm³/mol. The van der Waals surface area contributed by atoms with Gasteiger partial charge in [-0.3, -0.25) is 4.79 Å². The minimum atomic E-state index is -0.215. The Morgan fingerprint density at radius 1 is 1.59 bits per heavy atom. The predicted octanol–water partition coefficient (Wildman–Crippen LogP) is 1.92. The maximum Gasteiger partial charge on any atom is 0.156 e. The highest BCUT2D eigenvalue weighted by Gasteiger charge is 2.28. The van der Waals surface area contributed by atoms with Crippen molar-refractivity contribution in [1.82, 2.24) is 9.97 Å². The number of halogens is 1. The van der Waals surface area contributed by atoms with Crippen molar-refractivity contribution in [3.05, 3.63) is 17.0 Å². The van der Waals surface area contributed by atoms with Crippen molar-refractivity contribution in [1.29, 1.82) is 0 Å². The molecule has 6 heteroatoms. The summed E-state index contributed by atoms with van der Waals surface area (Å²) < 4.78 is 5.43. The highest BCUT2D eigenvalue weighted by molar-refractivity contribution is 6.32. The normalized spacial score (nSPS) is 24.4. The molecular weight excluding hydrogens is 242 g/mol. The Morgan fingerprint density at radius 2 is 2.41 bits per heavy atom. The fourth-order valence-corrected chi connectivity index (χ4v) is 2.07. The van der Waals surface area contributed by atoms with E-state index in [-0.39, 0.29) is 10.7 Å². The molecule has 1 atom stereocenters. The lowest BCUT2D eigenvalue weighted by atomic mass is 9.95. The van der Waals surface area contributed by atoms with Crippen LogP contribution in [-0.4, -0.2) is 35.0 Å². The van der Waals surface area contributed by atoms with E-state index in [4.69, 9.17) is 16.3 Å². The Bertz CT molecular complexity index is 419. The SMILES string of the molecule is CC1(Nc2ncnc(Cl)c2C=O)CCCOC1. The molecule has 1 fully saturated rings. The van der Waals surface area contributed by atoms with E-state index >= 15 is 0 Å². The van der Waals surface area contributed by atoms with Gasteiger partial charge < -0.3 is 10.1 Å². The summed E-state index contributed by atoms with van der Waals surface area (Å²) in [5.41, 5.74) is 0.0780. The molecule has 1 saturated heterocycles. The lowest BCUT2D eigenvalue weighted by Gasteiger charge is -2.35. The Labute approximate surface area is 105 Å². The molecule has 2 heterocycles. The number of nitrogens with zero attached hydrogens (tertiary/aromatic N) is 2. The van der Waals surface area contributed by atoms with E-state index in [0.29, 0.717) is 24.3 Å². The van der Waals surface area contributed by atoms with Crippen LogP contribution >= 0.6 is 11.6 Å². The number of hydrogen-bond donors (Lipinski definition) is 1. The third kappa shape index (κ3) is 2.73. The molecule has 92 valence electrons. The van der Waals surface area contributed by atoms with Crippen LogP contribution in [0.15, 0.2) is 6.33 Å².